The molecular formula is C21H22F2N4O. The van der Waals surface area contributed by atoms with E-state index in [4.69, 9.17) is 4.52 Å². The van der Waals surface area contributed by atoms with Gasteiger partial charge in [-0.3, -0.25) is 9.80 Å². The molecule has 3 aromatic rings. The van der Waals surface area contributed by atoms with Crippen molar-refractivity contribution in [1.29, 1.82) is 0 Å². The van der Waals surface area contributed by atoms with Crippen molar-refractivity contribution in [3.63, 3.8) is 0 Å². The summed E-state index contributed by atoms with van der Waals surface area (Å²) < 4.78 is 31.9. The molecule has 2 aromatic carbocycles. The minimum Gasteiger partial charge on any atom is -0.337 e. The molecule has 1 aliphatic heterocycles. The average Bonchev–Trinajstić information content (AvgIpc) is 3.22. The Labute approximate surface area is 162 Å². The fraction of sp³-hybridized carbons (Fsp3) is 0.333. The van der Waals surface area contributed by atoms with Gasteiger partial charge in [0.05, 0.1) is 6.04 Å². The fourth-order valence-electron chi connectivity index (χ4n) is 3.47. The molecule has 0 aliphatic carbocycles. The highest BCUT2D eigenvalue weighted by atomic mass is 19.2. The molecule has 0 N–H and O–H groups in total. The van der Waals surface area contributed by atoms with Crippen molar-refractivity contribution in [1.82, 2.24) is 19.9 Å². The van der Waals surface area contributed by atoms with Gasteiger partial charge in [-0.1, -0.05) is 41.6 Å². The Hall–Kier alpha value is -2.64. The standard InChI is InChI=1S/C21H22F2N4O/c1-15(21-24-20(25-28-21)17-5-3-2-4-6-17)27-11-9-26(10-12-27)14-16-7-8-18(22)19(23)13-16/h2-8,13,15H,9-12,14H2,1H3. The molecule has 0 bridgehead atoms. The molecule has 5 nitrogen and oxygen atoms in total. The lowest BCUT2D eigenvalue weighted by Gasteiger charge is -2.36. The van der Waals surface area contributed by atoms with Gasteiger partial charge >= 0.3 is 0 Å². The van der Waals surface area contributed by atoms with Gasteiger partial charge in [-0.05, 0) is 24.6 Å². The summed E-state index contributed by atoms with van der Waals surface area (Å²) in [5.74, 6) is -0.403. The van der Waals surface area contributed by atoms with Crippen molar-refractivity contribution in [2.24, 2.45) is 0 Å². The molecule has 146 valence electrons. The number of nitrogens with zero attached hydrogens (tertiary/aromatic N) is 4. The first kappa shape index (κ1) is 18.7. The molecule has 2 heterocycles. The molecule has 0 amide bonds. The van der Waals surface area contributed by atoms with Gasteiger partial charge in [0.15, 0.2) is 11.6 Å². The first-order chi connectivity index (χ1) is 13.6. The van der Waals surface area contributed by atoms with E-state index in [-0.39, 0.29) is 6.04 Å². The Morgan fingerprint density at radius 2 is 1.75 bits per heavy atom. The monoisotopic (exact) mass is 384 g/mol. The van der Waals surface area contributed by atoms with Crippen LogP contribution in [0.1, 0.15) is 24.4 Å². The van der Waals surface area contributed by atoms with Crippen LogP contribution in [0, 0.1) is 11.6 Å². The summed E-state index contributed by atoms with van der Waals surface area (Å²) >= 11 is 0. The molecule has 28 heavy (non-hydrogen) atoms. The molecular weight excluding hydrogens is 362 g/mol. The summed E-state index contributed by atoms with van der Waals surface area (Å²) in [4.78, 5) is 9.08. The van der Waals surface area contributed by atoms with Crippen LogP contribution in [-0.2, 0) is 6.54 Å². The van der Waals surface area contributed by atoms with E-state index >= 15 is 0 Å². The summed E-state index contributed by atoms with van der Waals surface area (Å²) in [5.41, 5.74) is 1.71. The van der Waals surface area contributed by atoms with Crippen LogP contribution in [0.2, 0.25) is 0 Å². The van der Waals surface area contributed by atoms with Gasteiger partial charge in [-0.2, -0.15) is 4.98 Å². The van der Waals surface area contributed by atoms with E-state index in [1.54, 1.807) is 6.07 Å². The zero-order valence-electron chi connectivity index (χ0n) is 15.7. The third-order valence-electron chi connectivity index (χ3n) is 5.18. The second-order valence-electron chi connectivity index (χ2n) is 7.06. The normalized spacial score (nSPS) is 17.0. The van der Waals surface area contributed by atoms with Crippen LogP contribution in [0.25, 0.3) is 11.4 Å². The molecule has 1 aromatic heterocycles. The average molecular weight is 384 g/mol. The van der Waals surface area contributed by atoms with Gasteiger partial charge < -0.3 is 4.52 Å². The Morgan fingerprint density at radius 1 is 1.00 bits per heavy atom. The lowest BCUT2D eigenvalue weighted by atomic mass is 10.1. The maximum atomic E-state index is 13.4. The Bertz CT molecular complexity index is 923. The number of hydrogen-bond donors (Lipinski definition) is 0. The van der Waals surface area contributed by atoms with Crippen molar-refractivity contribution in [2.45, 2.75) is 19.5 Å². The van der Waals surface area contributed by atoms with Crippen molar-refractivity contribution in [2.75, 3.05) is 26.2 Å². The predicted octanol–water partition coefficient (Wildman–Crippen LogP) is 3.89. The van der Waals surface area contributed by atoms with E-state index in [0.29, 0.717) is 18.3 Å². The number of rotatable bonds is 5. The highest BCUT2D eigenvalue weighted by molar-refractivity contribution is 5.53. The number of benzene rings is 2. The van der Waals surface area contributed by atoms with E-state index in [9.17, 15) is 8.78 Å². The summed E-state index contributed by atoms with van der Waals surface area (Å²) in [6, 6.07) is 13.9. The van der Waals surface area contributed by atoms with Gasteiger partial charge in [0.25, 0.3) is 0 Å². The van der Waals surface area contributed by atoms with Crippen LogP contribution in [0.3, 0.4) is 0 Å². The van der Waals surface area contributed by atoms with Gasteiger partial charge in [-0.25, -0.2) is 8.78 Å². The van der Waals surface area contributed by atoms with E-state index < -0.39 is 11.6 Å². The lowest BCUT2D eigenvalue weighted by Crippen LogP contribution is -2.46. The van der Waals surface area contributed by atoms with Crippen LogP contribution in [0.4, 0.5) is 8.78 Å². The summed E-state index contributed by atoms with van der Waals surface area (Å²) in [6.45, 7) is 6.03. The highest BCUT2D eigenvalue weighted by Crippen LogP contribution is 2.24. The van der Waals surface area contributed by atoms with Crippen molar-refractivity contribution >= 4 is 0 Å². The van der Waals surface area contributed by atoms with E-state index in [0.717, 1.165) is 37.3 Å². The molecule has 0 spiro atoms. The third-order valence-corrected chi connectivity index (χ3v) is 5.18. The summed E-state index contributed by atoms with van der Waals surface area (Å²) in [5, 5.41) is 4.10. The van der Waals surface area contributed by atoms with Crippen LogP contribution in [0.15, 0.2) is 53.1 Å². The quantitative estimate of drug-likeness (QED) is 0.668. The molecule has 4 rings (SSSR count). The van der Waals surface area contributed by atoms with E-state index in [1.807, 2.05) is 30.3 Å². The van der Waals surface area contributed by atoms with E-state index in [2.05, 4.69) is 26.9 Å². The predicted molar refractivity (Wildman–Crippen MR) is 101 cm³/mol. The zero-order valence-corrected chi connectivity index (χ0v) is 15.7. The maximum Gasteiger partial charge on any atom is 0.244 e. The minimum atomic E-state index is -0.808. The molecule has 1 atom stereocenters. The maximum absolute atomic E-state index is 13.4. The number of hydrogen-bond acceptors (Lipinski definition) is 5. The zero-order chi connectivity index (χ0) is 19.5. The summed E-state index contributed by atoms with van der Waals surface area (Å²) in [6.07, 6.45) is 0. The molecule has 7 heteroatoms. The largest absolute Gasteiger partial charge is 0.337 e. The van der Waals surface area contributed by atoms with Gasteiger partial charge in [0, 0.05) is 38.3 Å². The van der Waals surface area contributed by atoms with Crippen molar-refractivity contribution in [3.8, 4) is 11.4 Å². The Morgan fingerprint density at radius 3 is 2.46 bits per heavy atom. The second-order valence-corrected chi connectivity index (χ2v) is 7.06. The van der Waals surface area contributed by atoms with Gasteiger partial charge in [-0.15, -0.1) is 0 Å². The first-order valence-electron chi connectivity index (χ1n) is 9.39. The molecule has 0 radical (unpaired) electrons. The summed E-state index contributed by atoms with van der Waals surface area (Å²) in [7, 11) is 0. The van der Waals surface area contributed by atoms with E-state index in [1.165, 1.54) is 12.1 Å². The molecule has 1 aliphatic rings. The van der Waals surface area contributed by atoms with Gasteiger partial charge in [0.1, 0.15) is 0 Å². The van der Waals surface area contributed by atoms with Crippen LogP contribution < -0.4 is 0 Å². The number of halogens is 2. The fourth-order valence-corrected chi connectivity index (χ4v) is 3.47. The first-order valence-corrected chi connectivity index (χ1v) is 9.39. The molecule has 1 saturated heterocycles. The molecule has 0 saturated carbocycles. The van der Waals surface area contributed by atoms with Crippen molar-refractivity contribution < 1.29 is 13.3 Å². The molecule has 1 unspecified atom stereocenters. The Kier molecular flexibility index (Phi) is 5.45. The topological polar surface area (TPSA) is 45.4 Å². The number of piperazine rings is 1. The van der Waals surface area contributed by atoms with Crippen molar-refractivity contribution in [3.05, 3.63) is 71.6 Å². The highest BCUT2D eigenvalue weighted by Gasteiger charge is 2.26. The smallest absolute Gasteiger partial charge is 0.244 e. The Balaban J connectivity index is 1.34. The van der Waals surface area contributed by atoms with Crippen LogP contribution in [0.5, 0.6) is 0 Å². The van der Waals surface area contributed by atoms with Crippen LogP contribution >= 0.6 is 0 Å². The SMILES string of the molecule is CC(c1nc(-c2ccccc2)no1)N1CCN(Cc2ccc(F)c(F)c2)CC1. The third kappa shape index (κ3) is 4.10. The minimum absolute atomic E-state index is 0.0235. The van der Waals surface area contributed by atoms with Crippen LogP contribution in [-0.4, -0.2) is 46.1 Å². The number of aromatic nitrogens is 2. The molecule has 1 fully saturated rings. The lowest BCUT2D eigenvalue weighted by molar-refractivity contribution is 0.0845. The second kappa shape index (κ2) is 8.16. The van der Waals surface area contributed by atoms with Gasteiger partial charge in [0.2, 0.25) is 11.7 Å².